The second-order valence-electron chi connectivity index (χ2n) is 9.21. The molecule has 0 unspecified atom stereocenters. The molecule has 2 fully saturated rings. The number of aryl methyl sites for hydroxylation is 1. The van der Waals surface area contributed by atoms with E-state index in [4.69, 9.17) is 9.47 Å². The van der Waals surface area contributed by atoms with E-state index in [0.717, 1.165) is 23.9 Å². The van der Waals surface area contributed by atoms with Gasteiger partial charge in [0.2, 0.25) is 0 Å². The molecule has 3 aromatic rings. The van der Waals surface area contributed by atoms with Crippen molar-refractivity contribution in [3.8, 4) is 11.5 Å². The molecule has 1 aromatic heterocycles. The van der Waals surface area contributed by atoms with E-state index >= 15 is 0 Å². The molecule has 2 N–H and O–H groups in total. The number of fused-ring (bicyclic) bond motifs is 1. The smallest absolute Gasteiger partial charge is 0.422 e. The van der Waals surface area contributed by atoms with Crippen LogP contribution in [-0.2, 0) is 5.54 Å². The Morgan fingerprint density at radius 2 is 1.97 bits per heavy atom. The van der Waals surface area contributed by atoms with Crippen LogP contribution in [0.25, 0.3) is 10.9 Å². The first-order valence-corrected chi connectivity index (χ1v) is 11.6. The van der Waals surface area contributed by atoms with Crippen LogP contribution in [0.4, 0.5) is 13.2 Å². The van der Waals surface area contributed by atoms with Gasteiger partial charge in [0, 0.05) is 29.3 Å². The van der Waals surface area contributed by atoms with Crippen LogP contribution in [0, 0.1) is 6.92 Å². The Hall–Kier alpha value is -3.33. The van der Waals surface area contributed by atoms with Crippen molar-refractivity contribution in [3.05, 3.63) is 65.4 Å². The molecule has 184 valence electrons. The number of rotatable bonds is 8. The predicted molar refractivity (Wildman–Crippen MR) is 125 cm³/mol. The molecule has 0 spiro atoms. The van der Waals surface area contributed by atoms with Crippen LogP contribution in [0.1, 0.15) is 40.7 Å². The fourth-order valence-corrected chi connectivity index (χ4v) is 4.30. The molecule has 1 aliphatic heterocycles. The van der Waals surface area contributed by atoms with Gasteiger partial charge in [0.25, 0.3) is 5.91 Å². The summed E-state index contributed by atoms with van der Waals surface area (Å²) in [6.45, 7) is 1.99. The van der Waals surface area contributed by atoms with Gasteiger partial charge >= 0.3 is 6.18 Å². The molecule has 35 heavy (non-hydrogen) atoms. The summed E-state index contributed by atoms with van der Waals surface area (Å²) in [6.07, 6.45) is -0.492. The Morgan fingerprint density at radius 3 is 2.66 bits per heavy atom. The first-order chi connectivity index (χ1) is 16.7. The van der Waals surface area contributed by atoms with Gasteiger partial charge in [-0.3, -0.25) is 9.78 Å². The number of amides is 1. The maximum atomic E-state index is 13.4. The number of alkyl halides is 3. The molecule has 6 nitrogen and oxygen atoms in total. The maximum absolute atomic E-state index is 13.4. The molecular weight excluding hydrogens is 459 g/mol. The van der Waals surface area contributed by atoms with Crippen molar-refractivity contribution in [2.45, 2.75) is 43.9 Å². The lowest BCUT2D eigenvalue weighted by molar-refractivity contribution is -0.153. The normalized spacial score (nSPS) is 18.6. The quantitative estimate of drug-likeness (QED) is 0.486. The van der Waals surface area contributed by atoms with Crippen molar-refractivity contribution < 1.29 is 27.4 Å². The number of benzene rings is 2. The first-order valence-electron chi connectivity index (χ1n) is 11.6. The van der Waals surface area contributed by atoms with E-state index in [1.807, 2.05) is 25.1 Å². The third-order valence-electron chi connectivity index (χ3n) is 6.55. The Balaban J connectivity index is 1.40. The number of nitrogens with zero attached hydrogens (tertiary/aromatic N) is 1. The average Bonchev–Trinajstić information content (AvgIpc) is 3.57. The van der Waals surface area contributed by atoms with E-state index in [1.54, 1.807) is 24.4 Å². The Kier molecular flexibility index (Phi) is 6.04. The molecule has 1 amide bonds. The van der Waals surface area contributed by atoms with Gasteiger partial charge in [0.05, 0.1) is 11.1 Å². The van der Waals surface area contributed by atoms with Crippen molar-refractivity contribution in [2.24, 2.45) is 0 Å². The number of carbonyl (C=O) groups excluding carboxylic acids is 1. The Morgan fingerprint density at radius 1 is 1.17 bits per heavy atom. The van der Waals surface area contributed by atoms with Crippen LogP contribution in [0.15, 0.2) is 48.7 Å². The SMILES string of the molecule is Cc1ccc(OC[C@@H]2CCN2)cc1C(=O)NC1(c2cc(OCC(F)(F)F)cc3ncccc23)CC1. The molecular formula is C26H26F3N3O3. The standard InChI is InChI=1S/C26H26F3N3O3/c1-16-4-5-18(34-14-17-6-10-30-17)11-21(16)24(33)32-25(7-8-25)22-12-19(35-15-26(27,28)29)13-23-20(22)3-2-9-31-23/h2-5,9,11-13,17,30H,6-8,10,14-15H2,1H3,(H,32,33)/t17-/m0/s1. The minimum atomic E-state index is -4.45. The topological polar surface area (TPSA) is 72.5 Å². The molecule has 1 saturated carbocycles. The van der Waals surface area contributed by atoms with Crippen molar-refractivity contribution in [1.82, 2.24) is 15.6 Å². The third-order valence-corrected chi connectivity index (χ3v) is 6.55. The molecule has 0 bridgehead atoms. The van der Waals surface area contributed by atoms with Crippen LogP contribution in [0.2, 0.25) is 0 Å². The van der Waals surface area contributed by atoms with Crippen LogP contribution in [0.5, 0.6) is 11.5 Å². The number of hydrogen-bond donors (Lipinski definition) is 2. The molecule has 1 atom stereocenters. The van der Waals surface area contributed by atoms with Gasteiger partial charge in [0.1, 0.15) is 18.1 Å². The molecule has 2 heterocycles. The minimum absolute atomic E-state index is 0.0697. The lowest BCUT2D eigenvalue weighted by Crippen LogP contribution is -2.46. The zero-order valence-electron chi connectivity index (χ0n) is 19.2. The number of hydrogen-bond acceptors (Lipinski definition) is 5. The number of ether oxygens (including phenoxy) is 2. The van der Waals surface area contributed by atoms with Crippen LogP contribution in [0.3, 0.4) is 0 Å². The van der Waals surface area contributed by atoms with E-state index in [-0.39, 0.29) is 11.7 Å². The maximum Gasteiger partial charge on any atom is 0.422 e. The van der Waals surface area contributed by atoms with Crippen molar-refractivity contribution in [1.29, 1.82) is 0 Å². The van der Waals surface area contributed by atoms with Crippen molar-refractivity contribution in [3.63, 3.8) is 0 Å². The summed E-state index contributed by atoms with van der Waals surface area (Å²) in [5, 5.41) is 7.18. The number of carbonyl (C=O) groups is 1. The third kappa shape index (κ3) is 5.19. The fourth-order valence-electron chi connectivity index (χ4n) is 4.30. The largest absolute Gasteiger partial charge is 0.492 e. The summed E-state index contributed by atoms with van der Waals surface area (Å²) in [6, 6.07) is 12.5. The summed E-state index contributed by atoms with van der Waals surface area (Å²) in [5.74, 6) is 0.433. The molecule has 1 aliphatic carbocycles. The van der Waals surface area contributed by atoms with Gasteiger partial charge in [-0.25, -0.2) is 0 Å². The molecule has 2 aliphatic rings. The summed E-state index contributed by atoms with van der Waals surface area (Å²) in [4.78, 5) is 17.7. The highest BCUT2D eigenvalue weighted by Crippen LogP contribution is 2.49. The van der Waals surface area contributed by atoms with Gasteiger partial charge in [-0.2, -0.15) is 13.2 Å². The molecule has 5 rings (SSSR count). The summed E-state index contributed by atoms with van der Waals surface area (Å²) in [7, 11) is 0. The summed E-state index contributed by atoms with van der Waals surface area (Å²) >= 11 is 0. The van der Waals surface area contributed by atoms with Gasteiger partial charge in [0.15, 0.2) is 6.61 Å². The zero-order chi connectivity index (χ0) is 24.6. The lowest BCUT2D eigenvalue weighted by atomic mass is 9.97. The fraction of sp³-hybridized carbons (Fsp3) is 0.385. The van der Waals surface area contributed by atoms with E-state index in [9.17, 15) is 18.0 Å². The molecule has 2 aromatic carbocycles. The molecule has 0 radical (unpaired) electrons. The van der Waals surface area contributed by atoms with Crippen LogP contribution < -0.4 is 20.1 Å². The van der Waals surface area contributed by atoms with E-state index < -0.39 is 18.3 Å². The number of nitrogens with one attached hydrogen (secondary N) is 2. The van der Waals surface area contributed by atoms with E-state index in [1.165, 1.54) is 6.07 Å². The summed E-state index contributed by atoms with van der Waals surface area (Å²) < 4.78 is 49.1. The van der Waals surface area contributed by atoms with E-state index in [2.05, 4.69) is 15.6 Å². The van der Waals surface area contributed by atoms with Gasteiger partial charge < -0.3 is 20.1 Å². The zero-order valence-corrected chi connectivity index (χ0v) is 19.2. The van der Waals surface area contributed by atoms with E-state index in [0.29, 0.717) is 47.9 Å². The molecule has 1 saturated heterocycles. The van der Waals surface area contributed by atoms with Crippen molar-refractivity contribution >= 4 is 16.8 Å². The summed E-state index contributed by atoms with van der Waals surface area (Å²) in [5.41, 5.74) is 1.83. The lowest BCUT2D eigenvalue weighted by Gasteiger charge is -2.27. The molecule has 9 heteroatoms. The number of halogens is 3. The highest BCUT2D eigenvalue weighted by atomic mass is 19.4. The Labute approximate surface area is 200 Å². The first kappa shape index (κ1) is 23.4. The Bertz CT molecular complexity index is 1250. The average molecular weight is 486 g/mol. The van der Waals surface area contributed by atoms with Gasteiger partial charge in [-0.1, -0.05) is 12.1 Å². The van der Waals surface area contributed by atoms with Crippen LogP contribution in [-0.4, -0.2) is 42.9 Å². The van der Waals surface area contributed by atoms with Gasteiger partial charge in [-0.15, -0.1) is 0 Å². The van der Waals surface area contributed by atoms with Crippen molar-refractivity contribution in [2.75, 3.05) is 19.8 Å². The van der Waals surface area contributed by atoms with Crippen LogP contribution >= 0.6 is 0 Å². The number of aromatic nitrogens is 1. The minimum Gasteiger partial charge on any atom is -0.492 e. The van der Waals surface area contributed by atoms with Gasteiger partial charge in [-0.05, 0) is 68.1 Å². The highest BCUT2D eigenvalue weighted by Gasteiger charge is 2.47. The predicted octanol–water partition coefficient (Wildman–Crippen LogP) is 4.64. The highest BCUT2D eigenvalue weighted by molar-refractivity contribution is 5.97. The second-order valence-corrected chi connectivity index (χ2v) is 9.21. The number of pyridine rings is 1. The second kappa shape index (κ2) is 9.03. The monoisotopic (exact) mass is 485 g/mol.